The fourth-order valence-corrected chi connectivity index (χ4v) is 2.91. The molecule has 7 nitrogen and oxygen atoms in total. The van der Waals surface area contributed by atoms with Gasteiger partial charge in [-0.05, 0) is 24.6 Å². The Bertz CT molecular complexity index is 764. The Labute approximate surface area is 151 Å². The van der Waals surface area contributed by atoms with E-state index in [2.05, 4.69) is 20.6 Å². The van der Waals surface area contributed by atoms with Crippen LogP contribution in [-0.2, 0) is 4.79 Å². The maximum absolute atomic E-state index is 12.0. The summed E-state index contributed by atoms with van der Waals surface area (Å²) in [4.78, 5) is 32.1. The van der Waals surface area contributed by atoms with Crippen molar-refractivity contribution >= 4 is 28.4 Å². The van der Waals surface area contributed by atoms with Crippen molar-refractivity contribution in [3.8, 4) is 10.4 Å². The molecule has 0 saturated carbocycles. The summed E-state index contributed by atoms with van der Waals surface area (Å²) in [7, 11) is 0. The number of carbonyl (C=O) groups excluding carboxylic acids is 2. The molecule has 0 atom stereocenters. The second kappa shape index (κ2) is 8.61. The van der Waals surface area contributed by atoms with Crippen LogP contribution in [0.15, 0.2) is 24.5 Å². The lowest BCUT2D eigenvalue weighted by molar-refractivity contribution is -0.138. The van der Waals surface area contributed by atoms with Gasteiger partial charge in [-0.25, -0.2) is 9.78 Å². The number of hydrogen-bond acceptors (Lipinski definition) is 5. The van der Waals surface area contributed by atoms with E-state index < -0.39 is 24.7 Å². The third-order valence-electron chi connectivity index (χ3n) is 3.08. The number of anilines is 1. The number of aryl methyl sites for hydroxylation is 1. The average molecular weight is 387 g/mol. The summed E-state index contributed by atoms with van der Waals surface area (Å²) in [5, 5.41) is 7.02. The van der Waals surface area contributed by atoms with E-state index >= 15 is 0 Å². The number of halogens is 3. The molecular weight excluding hydrogens is 371 g/mol. The Morgan fingerprint density at radius 2 is 1.88 bits per heavy atom. The van der Waals surface area contributed by atoms with Gasteiger partial charge in [-0.3, -0.25) is 15.1 Å². The zero-order chi connectivity index (χ0) is 19.2. The molecule has 3 amide bonds. The molecule has 0 bridgehead atoms. The lowest BCUT2D eigenvalue weighted by Crippen LogP contribution is -2.37. The summed E-state index contributed by atoms with van der Waals surface area (Å²) < 4.78 is 35.9. The molecule has 0 aromatic carbocycles. The molecule has 0 aliphatic rings. The minimum Gasteiger partial charge on any atom is -0.347 e. The number of carbonyl (C=O) groups is 2. The van der Waals surface area contributed by atoms with E-state index in [1.165, 1.54) is 11.3 Å². The molecule has 2 rings (SSSR count). The minimum absolute atomic E-state index is 0.100. The van der Waals surface area contributed by atoms with Gasteiger partial charge in [-0.2, -0.15) is 13.2 Å². The summed E-state index contributed by atoms with van der Waals surface area (Å²) in [5.74, 6) is -0.798. The van der Waals surface area contributed by atoms with Gasteiger partial charge in [0.2, 0.25) is 5.91 Å². The average Bonchev–Trinajstić information content (AvgIpc) is 2.93. The molecule has 2 aromatic rings. The predicted molar refractivity (Wildman–Crippen MR) is 90.8 cm³/mol. The lowest BCUT2D eigenvalue weighted by atomic mass is 10.2. The topological polar surface area (TPSA) is 96.0 Å². The maximum atomic E-state index is 12.0. The van der Waals surface area contributed by atoms with Crippen molar-refractivity contribution in [2.45, 2.75) is 19.5 Å². The van der Waals surface area contributed by atoms with Crippen molar-refractivity contribution in [2.75, 3.05) is 18.4 Å². The number of aromatic nitrogens is 2. The van der Waals surface area contributed by atoms with Gasteiger partial charge in [0.25, 0.3) is 0 Å². The number of amides is 3. The molecular formula is C15H16F3N5O2S. The molecule has 0 fully saturated rings. The normalized spacial score (nSPS) is 11.1. The van der Waals surface area contributed by atoms with Crippen LogP contribution < -0.4 is 16.0 Å². The van der Waals surface area contributed by atoms with Gasteiger partial charge in [0.15, 0.2) is 5.13 Å². The molecule has 0 radical (unpaired) electrons. The Morgan fingerprint density at radius 1 is 1.19 bits per heavy atom. The molecule has 0 saturated heterocycles. The molecule has 3 N–H and O–H groups in total. The van der Waals surface area contributed by atoms with Gasteiger partial charge in [0, 0.05) is 25.4 Å². The number of urea groups is 1. The van der Waals surface area contributed by atoms with E-state index in [0.29, 0.717) is 5.13 Å². The molecule has 0 aliphatic carbocycles. The summed E-state index contributed by atoms with van der Waals surface area (Å²) >= 11 is 1.28. The Hall–Kier alpha value is -2.69. The summed E-state index contributed by atoms with van der Waals surface area (Å²) in [5.41, 5.74) is 1.66. The van der Waals surface area contributed by atoms with E-state index in [4.69, 9.17) is 0 Å². The summed E-state index contributed by atoms with van der Waals surface area (Å²) in [6, 6.07) is 3.05. The number of nitrogens with one attached hydrogen (secondary N) is 3. The van der Waals surface area contributed by atoms with Crippen molar-refractivity contribution in [2.24, 2.45) is 0 Å². The van der Waals surface area contributed by atoms with Crippen molar-refractivity contribution in [3.05, 3.63) is 30.2 Å². The summed E-state index contributed by atoms with van der Waals surface area (Å²) in [6.45, 7) is 0.311. The standard InChI is InChI=1S/C15H16F3N5O2S/c1-9-12(10-2-5-19-6-3-10)26-14(22-9)23-13(25)20-7-4-11(24)21-8-15(16,17)18/h2-3,5-6H,4,7-8H2,1H3,(H,21,24)(H2,20,22,23,25). The van der Waals surface area contributed by atoms with Crippen LogP contribution in [-0.4, -0.2) is 41.2 Å². The van der Waals surface area contributed by atoms with Crippen molar-refractivity contribution in [1.82, 2.24) is 20.6 Å². The fourth-order valence-electron chi connectivity index (χ4n) is 1.94. The van der Waals surface area contributed by atoms with Crippen LogP contribution in [0.25, 0.3) is 10.4 Å². The monoisotopic (exact) mass is 387 g/mol. The van der Waals surface area contributed by atoms with Crippen molar-refractivity contribution in [1.29, 1.82) is 0 Å². The SMILES string of the molecule is Cc1nc(NC(=O)NCCC(=O)NCC(F)(F)F)sc1-c1ccncc1. The Morgan fingerprint density at radius 3 is 2.54 bits per heavy atom. The number of hydrogen-bond donors (Lipinski definition) is 3. The van der Waals surface area contributed by atoms with Gasteiger partial charge in [-0.15, -0.1) is 0 Å². The molecule has 0 aliphatic heterocycles. The van der Waals surface area contributed by atoms with Gasteiger partial charge in [-0.1, -0.05) is 11.3 Å². The third-order valence-corrected chi connectivity index (χ3v) is 4.21. The second-order valence-corrected chi connectivity index (χ2v) is 6.19. The summed E-state index contributed by atoms with van der Waals surface area (Å²) in [6.07, 6.45) is -1.42. The van der Waals surface area contributed by atoms with Crippen LogP contribution in [0, 0.1) is 6.92 Å². The van der Waals surface area contributed by atoms with E-state index in [-0.39, 0.29) is 13.0 Å². The van der Waals surface area contributed by atoms with Gasteiger partial charge >= 0.3 is 12.2 Å². The fraction of sp³-hybridized carbons (Fsp3) is 0.333. The van der Waals surface area contributed by atoms with Crippen LogP contribution >= 0.6 is 11.3 Å². The number of nitrogens with zero attached hydrogens (tertiary/aromatic N) is 2. The van der Waals surface area contributed by atoms with E-state index in [1.807, 2.05) is 12.1 Å². The molecule has 140 valence electrons. The largest absolute Gasteiger partial charge is 0.405 e. The quantitative estimate of drug-likeness (QED) is 0.710. The van der Waals surface area contributed by atoms with Gasteiger partial charge < -0.3 is 10.6 Å². The van der Waals surface area contributed by atoms with Crippen LogP contribution in [0.2, 0.25) is 0 Å². The van der Waals surface area contributed by atoms with Gasteiger partial charge in [0.1, 0.15) is 6.54 Å². The number of thiazole rings is 1. The highest BCUT2D eigenvalue weighted by Crippen LogP contribution is 2.32. The Balaban J connectivity index is 1.79. The van der Waals surface area contributed by atoms with Crippen LogP contribution in [0.5, 0.6) is 0 Å². The number of pyridine rings is 1. The zero-order valence-electron chi connectivity index (χ0n) is 13.7. The second-order valence-electron chi connectivity index (χ2n) is 5.19. The molecule has 26 heavy (non-hydrogen) atoms. The molecule has 0 unspecified atom stereocenters. The zero-order valence-corrected chi connectivity index (χ0v) is 14.5. The number of alkyl halides is 3. The van der Waals surface area contributed by atoms with Crippen LogP contribution in [0.1, 0.15) is 12.1 Å². The van der Waals surface area contributed by atoms with Crippen LogP contribution in [0.4, 0.5) is 23.1 Å². The first-order valence-corrected chi connectivity index (χ1v) is 8.32. The first-order chi connectivity index (χ1) is 12.2. The van der Waals surface area contributed by atoms with Crippen molar-refractivity contribution < 1.29 is 22.8 Å². The van der Waals surface area contributed by atoms with E-state index in [0.717, 1.165) is 16.1 Å². The third kappa shape index (κ3) is 6.31. The first kappa shape index (κ1) is 19.6. The highest BCUT2D eigenvalue weighted by Gasteiger charge is 2.27. The van der Waals surface area contributed by atoms with Crippen LogP contribution in [0.3, 0.4) is 0 Å². The smallest absolute Gasteiger partial charge is 0.347 e. The lowest BCUT2D eigenvalue weighted by Gasteiger charge is -2.08. The molecule has 11 heteroatoms. The minimum atomic E-state index is -4.46. The van der Waals surface area contributed by atoms with E-state index in [1.54, 1.807) is 24.6 Å². The molecule has 2 heterocycles. The Kier molecular flexibility index (Phi) is 6.50. The maximum Gasteiger partial charge on any atom is 0.405 e. The highest BCUT2D eigenvalue weighted by atomic mass is 32.1. The molecule has 0 spiro atoms. The highest BCUT2D eigenvalue weighted by molar-refractivity contribution is 7.19. The first-order valence-electron chi connectivity index (χ1n) is 7.51. The molecule has 2 aromatic heterocycles. The van der Waals surface area contributed by atoms with Gasteiger partial charge in [0.05, 0.1) is 10.6 Å². The predicted octanol–water partition coefficient (Wildman–Crippen LogP) is 2.70. The van der Waals surface area contributed by atoms with E-state index in [9.17, 15) is 22.8 Å². The number of rotatable bonds is 6. The van der Waals surface area contributed by atoms with Crippen molar-refractivity contribution in [3.63, 3.8) is 0 Å².